The van der Waals surface area contributed by atoms with Crippen LogP contribution < -0.4 is 27.8 Å². The summed E-state index contributed by atoms with van der Waals surface area (Å²) in [5.74, 6) is 0. The molecule has 0 aromatic heterocycles. The maximum absolute atomic E-state index is 7.91. The maximum atomic E-state index is 7.91. The normalized spacial score (nSPS) is 8.17. The average molecular weight is 633 g/mol. The zero-order valence-electron chi connectivity index (χ0n) is 30.0. The minimum atomic E-state index is 0.608. The number of nitrogens with two attached hydrogens (primary N) is 3. The molecule has 0 spiro atoms. The maximum Gasteiger partial charge on any atom is 0.0905 e. The van der Waals surface area contributed by atoms with Gasteiger partial charge in [0.2, 0.25) is 0 Å². The van der Waals surface area contributed by atoms with E-state index in [1.807, 2.05) is 80.8 Å². The van der Waals surface area contributed by atoms with Gasteiger partial charge in [-0.05, 0) is 56.0 Å². The van der Waals surface area contributed by atoms with E-state index in [0.717, 1.165) is 13.1 Å². The lowest BCUT2D eigenvalue weighted by atomic mass is 10.2. The summed E-state index contributed by atoms with van der Waals surface area (Å²) in [5.41, 5.74) is 17.5. The first-order valence-electron chi connectivity index (χ1n) is 15.2. The van der Waals surface area contributed by atoms with E-state index in [-0.39, 0.29) is 0 Å². The summed E-state index contributed by atoms with van der Waals surface area (Å²) in [4.78, 5) is 0. The summed E-state index contributed by atoms with van der Waals surface area (Å²) in [7, 11) is 8.16. The first-order chi connectivity index (χ1) is 22.4. The highest BCUT2D eigenvalue weighted by Gasteiger charge is 1.95. The Kier molecular flexibility index (Phi) is 70.6. The highest BCUT2D eigenvalue weighted by molar-refractivity contribution is 5.13. The van der Waals surface area contributed by atoms with Crippen molar-refractivity contribution in [3.63, 3.8) is 0 Å². The van der Waals surface area contributed by atoms with Crippen molar-refractivity contribution in [1.29, 1.82) is 15.8 Å². The summed E-state index contributed by atoms with van der Waals surface area (Å²) in [6, 6.07) is 36.5. The van der Waals surface area contributed by atoms with Gasteiger partial charge in [-0.25, -0.2) is 0 Å². The van der Waals surface area contributed by atoms with Crippen molar-refractivity contribution in [2.75, 3.05) is 48.3 Å². The van der Waals surface area contributed by atoms with Crippen LogP contribution in [0.3, 0.4) is 0 Å². The third-order valence-electron chi connectivity index (χ3n) is 4.24. The van der Waals surface area contributed by atoms with Gasteiger partial charge in [0.1, 0.15) is 0 Å². The van der Waals surface area contributed by atoms with Crippen molar-refractivity contribution in [3.05, 3.63) is 120 Å². The molecule has 0 aliphatic heterocycles. The summed E-state index contributed by atoms with van der Waals surface area (Å²) < 4.78 is 0. The molecule has 0 bridgehead atoms. The number of nitrogens with zero attached hydrogens (tertiary/aromatic N) is 3. The van der Waals surface area contributed by atoms with E-state index in [9.17, 15) is 0 Å². The van der Waals surface area contributed by atoms with E-state index >= 15 is 0 Å². The van der Waals surface area contributed by atoms with E-state index in [1.165, 1.54) is 63.2 Å². The van der Waals surface area contributed by atoms with Gasteiger partial charge in [-0.1, -0.05) is 134 Å². The Morgan fingerprint density at radius 2 is 0.783 bits per heavy atom. The molecule has 0 atom stereocenters. The Morgan fingerprint density at radius 1 is 0.565 bits per heavy atom. The van der Waals surface area contributed by atoms with Crippen LogP contribution >= 0.6 is 0 Å². The van der Waals surface area contributed by atoms with Crippen LogP contribution in [-0.4, -0.2) is 48.3 Å². The van der Waals surface area contributed by atoms with Gasteiger partial charge in [-0.2, -0.15) is 15.8 Å². The van der Waals surface area contributed by atoms with Crippen LogP contribution in [0.15, 0.2) is 104 Å². The standard InChI is InChI=1S/3C7H8.2C4H8N2.C3H3N.C3H6.3CH5N/c3*1-7-5-3-2-4-6-7;2*1-6-4-2-3-5;1-2-3-4;1-2-3-1;3*1-2/h3*2-6H,1H3;2*6H,2,4H2,1H3;2H,1H2;1-3H2;3*2H2,1H3. The Hall–Kier alpha value is -4.33. The first-order valence-corrected chi connectivity index (χ1v) is 15.2. The number of hydrogen-bond acceptors (Lipinski definition) is 8. The lowest BCUT2D eigenvalue weighted by Crippen LogP contribution is -2.05. The van der Waals surface area contributed by atoms with E-state index in [4.69, 9.17) is 15.8 Å². The van der Waals surface area contributed by atoms with Crippen LogP contribution in [0.25, 0.3) is 0 Å². The lowest BCUT2D eigenvalue weighted by Gasteiger charge is -1.82. The minimum absolute atomic E-state index is 0.608. The predicted molar refractivity (Wildman–Crippen MR) is 202 cm³/mol. The largest absolute Gasteiger partial charge is 0.333 e. The molecular formula is C38H64N8. The molecule has 0 unspecified atom stereocenters. The molecule has 0 radical (unpaired) electrons. The average Bonchev–Trinajstić information content (AvgIpc) is 4.02. The Bertz CT molecular complexity index is 912. The number of hydrogen-bond donors (Lipinski definition) is 5. The van der Waals surface area contributed by atoms with Gasteiger partial charge in [-0.15, -0.1) is 0 Å². The number of nitrogens with one attached hydrogen (secondary N) is 2. The molecular weight excluding hydrogens is 568 g/mol. The van der Waals surface area contributed by atoms with Gasteiger partial charge in [0.05, 0.1) is 18.2 Å². The SMILES string of the molecule is C1CC1.C=CC#N.CN.CN.CN.CNCCC#N.CNCCC#N.Cc1ccccc1.Cc1ccccc1.Cc1ccccc1. The molecule has 4 rings (SSSR count). The molecule has 1 saturated carbocycles. The van der Waals surface area contributed by atoms with Crippen LogP contribution in [0.4, 0.5) is 0 Å². The quantitative estimate of drug-likeness (QED) is 0.154. The summed E-state index contributed by atoms with van der Waals surface area (Å²) in [6.07, 6.45) is 6.90. The molecule has 1 aliphatic rings. The number of benzene rings is 3. The monoisotopic (exact) mass is 633 g/mol. The molecule has 1 fully saturated rings. The van der Waals surface area contributed by atoms with Gasteiger partial charge in [0, 0.05) is 32.0 Å². The summed E-state index contributed by atoms with van der Waals surface area (Å²) in [6.45, 7) is 11.0. The van der Waals surface area contributed by atoms with Crippen molar-refractivity contribution in [2.24, 2.45) is 17.2 Å². The zero-order chi connectivity index (χ0) is 36.5. The number of aryl methyl sites for hydroxylation is 3. The Labute approximate surface area is 282 Å². The van der Waals surface area contributed by atoms with Gasteiger partial charge in [0.15, 0.2) is 0 Å². The van der Waals surface area contributed by atoms with Gasteiger partial charge >= 0.3 is 0 Å². The van der Waals surface area contributed by atoms with Crippen molar-refractivity contribution < 1.29 is 0 Å². The molecule has 3 aromatic carbocycles. The molecule has 0 amide bonds. The second-order valence-electron chi connectivity index (χ2n) is 8.38. The molecule has 3 aromatic rings. The first kappa shape index (κ1) is 54.2. The molecule has 0 heterocycles. The Morgan fingerprint density at radius 3 is 0.848 bits per heavy atom. The van der Waals surface area contributed by atoms with Crippen LogP contribution in [0.2, 0.25) is 0 Å². The highest BCUT2D eigenvalue weighted by atomic mass is 14.8. The summed E-state index contributed by atoms with van der Waals surface area (Å²) >= 11 is 0. The van der Waals surface area contributed by atoms with Crippen molar-refractivity contribution >= 4 is 0 Å². The van der Waals surface area contributed by atoms with Gasteiger partial charge < -0.3 is 27.8 Å². The fourth-order valence-corrected chi connectivity index (χ4v) is 1.96. The third kappa shape index (κ3) is 77.5. The molecule has 1 aliphatic carbocycles. The lowest BCUT2D eigenvalue weighted by molar-refractivity contribution is 0.813. The van der Waals surface area contributed by atoms with Crippen molar-refractivity contribution in [3.8, 4) is 18.2 Å². The molecule has 8 N–H and O–H groups in total. The van der Waals surface area contributed by atoms with Crippen LogP contribution in [0.5, 0.6) is 0 Å². The van der Waals surface area contributed by atoms with Crippen LogP contribution in [0, 0.1) is 54.8 Å². The van der Waals surface area contributed by atoms with Crippen molar-refractivity contribution in [1.82, 2.24) is 10.6 Å². The summed E-state index contributed by atoms with van der Waals surface area (Å²) in [5, 5.41) is 29.0. The smallest absolute Gasteiger partial charge is 0.0905 e. The number of rotatable bonds is 4. The number of allylic oxidation sites excluding steroid dienone is 1. The molecule has 0 saturated heterocycles. The van der Waals surface area contributed by atoms with E-state index in [0.29, 0.717) is 12.8 Å². The fourth-order valence-electron chi connectivity index (χ4n) is 1.96. The third-order valence-corrected chi connectivity index (χ3v) is 4.24. The van der Waals surface area contributed by atoms with Gasteiger partial charge in [0.25, 0.3) is 0 Å². The minimum Gasteiger partial charge on any atom is -0.333 e. The molecule has 8 nitrogen and oxygen atoms in total. The molecule has 8 heteroatoms. The fraction of sp³-hybridized carbons (Fsp3) is 0.395. The van der Waals surface area contributed by atoms with E-state index < -0.39 is 0 Å². The predicted octanol–water partition coefficient (Wildman–Crippen LogP) is 6.82. The molecule has 46 heavy (non-hydrogen) atoms. The van der Waals surface area contributed by atoms with E-state index in [1.54, 1.807) is 6.07 Å². The second kappa shape index (κ2) is 60.0. The van der Waals surface area contributed by atoms with Crippen LogP contribution in [0.1, 0.15) is 48.8 Å². The van der Waals surface area contributed by atoms with E-state index in [2.05, 4.69) is 91.6 Å². The Balaban J connectivity index is -0.0000000998. The topological polar surface area (TPSA) is 173 Å². The second-order valence-corrected chi connectivity index (χ2v) is 8.38. The number of nitriles is 3. The molecule has 256 valence electrons. The van der Waals surface area contributed by atoms with Gasteiger partial charge in [-0.3, -0.25) is 0 Å². The highest BCUT2D eigenvalue weighted by Crippen LogP contribution is 2.14. The van der Waals surface area contributed by atoms with Crippen molar-refractivity contribution in [2.45, 2.75) is 52.9 Å². The van der Waals surface area contributed by atoms with Crippen LogP contribution in [-0.2, 0) is 0 Å². The zero-order valence-corrected chi connectivity index (χ0v) is 30.0.